The Morgan fingerprint density at radius 2 is 2.00 bits per heavy atom. The van der Waals surface area contributed by atoms with Gasteiger partial charge in [-0.05, 0) is 37.2 Å². The fourth-order valence-electron chi connectivity index (χ4n) is 3.35. The minimum atomic E-state index is -0.0350. The topological polar surface area (TPSA) is 64.9 Å². The van der Waals surface area contributed by atoms with Crippen molar-refractivity contribution < 1.29 is 4.52 Å². The van der Waals surface area contributed by atoms with Crippen LogP contribution in [0.1, 0.15) is 49.4 Å². The van der Waals surface area contributed by atoms with Gasteiger partial charge in [0.15, 0.2) is 5.82 Å². The van der Waals surface area contributed by atoms with Crippen molar-refractivity contribution >= 4 is 0 Å². The SMILES string of the molecule is NC(Cc1nc(C2(c3ccccc3)CCC2)no1)C1CC1. The van der Waals surface area contributed by atoms with E-state index in [1.165, 1.54) is 24.8 Å². The molecule has 1 aromatic heterocycles. The molecule has 1 atom stereocenters. The molecule has 110 valence electrons. The van der Waals surface area contributed by atoms with E-state index in [9.17, 15) is 0 Å². The van der Waals surface area contributed by atoms with Gasteiger partial charge in [-0.1, -0.05) is 41.9 Å². The Bertz CT molecular complexity index is 614. The summed E-state index contributed by atoms with van der Waals surface area (Å²) < 4.78 is 5.48. The second-order valence-corrected chi connectivity index (χ2v) is 6.52. The summed E-state index contributed by atoms with van der Waals surface area (Å²) in [4.78, 5) is 4.67. The Balaban J connectivity index is 1.58. The molecule has 0 amide bonds. The maximum atomic E-state index is 6.16. The highest BCUT2D eigenvalue weighted by Crippen LogP contribution is 2.47. The number of nitrogens with zero attached hydrogens (tertiary/aromatic N) is 2. The molecule has 2 N–H and O–H groups in total. The van der Waals surface area contributed by atoms with E-state index in [4.69, 9.17) is 10.3 Å². The highest BCUT2D eigenvalue weighted by atomic mass is 16.5. The number of rotatable bonds is 5. The summed E-state index contributed by atoms with van der Waals surface area (Å²) in [5, 5.41) is 4.28. The summed E-state index contributed by atoms with van der Waals surface area (Å²) in [5.74, 6) is 2.21. The molecule has 2 aliphatic rings. The Labute approximate surface area is 124 Å². The standard InChI is InChI=1S/C17H21N3O/c18-14(12-7-8-12)11-15-19-16(20-21-15)17(9-4-10-17)13-5-2-1-3-6-13/h1-3,5-6,12,14H,4,7-11,18H2. The first kappa shape index (κ1) is 13.0. The van der Waals surface area contributed by atoms with Crippen LogP contribution in [0.25, 0.3) is 0 Å². The van der Waals surface area contributed by atoms with Crippen molar-refractivity contribution in [3.63, 3.8) is 0 Å². The van der Waals surface area contributed by atoms with E-state index >= 15 is 0 Å². The van der Waals surface area contributed by atoms with Crippen molar-refractivity contribution in [1.82, 2.24) is 10.1 Å². The summed E-state index contributed by atoms with van der Waals surface area (Å²) in [7, 11) is 0. The molecule has 1 unspecified atom stereocenters. The number of benzene rings is 1. The van der Waals surface area contributed by atoms with Gasteiger partial charge in [0.05, 0.1) is 5.41 Å². The normalized spacial score (nSPS) is 21.8. The van der Waals surface area contributed by atoms with Crippen LogP contribution in [0.5, 0.6) is 0 Å². The summed E-state index contributed by atoms with van der Waals surface area (Å²) in [6.07, 6.45) is 6.63. The third-order valence-electron chi connectivity index (χ3n) is 5.07. The average molecular weight is 283 g/mol. The van der Waals surface area contributed by atoms with Gasteiger partial charge in [-0.3, -0.25) is 0 Å². The molecule has 0 saturated heterocycles. The molecule has 2 aliphatic carbocycles. The van der Waals surface area contributed by atoms with Crippen LogP contribution >= 0.6 is 0 Å². The van der Waals surface area contributed by atoms with Crippen LogP contribution in [0.3, 0.4) is 0 Å². The van der Waals surface area contributed by atoms with Crippen molar-refractivity contribution in [2.24, 2.45) is 11.7 Å². The van der Waals surface area contributed by atoms with Crippen molar-refractivity contribution in [2.75, 3.05) is 0 Å². The summed E-state index contributed by atoms with van der Waals surface area (Å²) in [5.41, 5.74) is 7.43. The molecular weight excluding hydrogens is 262 g/mol. The molecule has 0 bridgehead atoms. The zero-order valence-corrected chi connectivity index (χ0v) is 12.2. The van der Waals surface area contributed by atoms with E-state index in [1.54, 1.807) is 0 Å². The highest BCUT2D eigenvalue weighted by molar-refractivity contribution is 5.35. The molecule has 1 heterocycles. The van der Waals surface area contributed by atoms with E-state index in [0.29, 0.717) is 18.2 Å². The lowest BCUT2D eigenvalue weighted by Crippen LogP contribution is -2.36. The molecule has 2 saturated carbocycles. The lowest BCUT2D eigenvalue weighted by molar-refractivity contribution is 0.270. The lowest BCUT2D eigenvalue weighted by atomic mass is 9.64. The minimum Gasteiger partial charge on any atom is -0.339 e. The Kier molecular flexibility index (Phi) is 3.07. The fourth-order valence-corrected chi connectivity index (χ4v) is 3.35. The highest BCUT2D eigenvalue weighted by Gasteiger charge is 2.44. The molecule has 0 aliphatic heterocycles. The van der Waals surface area contributed by atoms with E-state index in [2.05, 4.69) is 34.4 Å². The van der Waals surface area contributed by atoms with Gasteiger partial charge in [0.1, 0.15) is 0 Å². The van der Waals surface area contributed by atoms with Gasteiger partial charge in [-0.15, -0.1) is 0 Å². The number of hydrogen-bond acceptors (Lipinski definition) is 4. The van der Waals surface area contributed by atoms with E-state index < -0.39 is 0 Å². The van der Waals surface area contributed by atoms with Gasteiger partial charge in [-0.2, -0.15) is 4.98 Å². The quantitative estimate of drug-likeness (QED) is 0.916. The van der Waals surface area contributed by atoms with E-state index in [-0.39, 0.29) is 11.5 Å². The van der Waals surface area contributed by atoms with Crippen LogP contribution in [0.15, 0.2) is 34.9 Å². The van der Waals surface area contributed by atoms with E-state index in [1.807, 2.05) is 6.07 Å². The zero-order chi connectivity index (χ0) is 14.3. The van der Waals surface area contributed by atoms with Gasteiger partial charge in [0, 0.05) is 12.5 Å². The largest absolute Gasteiger partial charge is 0.339 e. The van der Waals surface area contributed by atoms with Crippen LogP contribution < -0.4 is 5.73 Å². The van der Waals surface area contributed by atoms with Crippen molar-refractivity contribution in [1.29, 1.82) is 0 Å². The Morgan fingerprint density at radius 3 is 2.62 bits per heavy atom. The number of hydrogen-bond donors (Lipinski definition) is 1. The van der Waals surface area contributed by atoms with Crippen LogP contribution in [-0.2, 0) is 11.8 Å². The molecule has 4 heteroatoms. The van der Waals surface area contributed by atoms with Crippen LogP contribution in [0, 0.1) is 5.92 Å². The Morgan fingerprint density at radius 1 is 1.24 bits per heavy atom. The van der Waals surface area contributed by atoms with Crippen molar-refractivity contribution in [2.45, 2.75) is 50.0 Å². The predicted octanol–water partition coefficient (Wildman–Crippen LogP) is 2.82. The monoisotopic (exact) mass is 283 g/mol. The molecule has 0 radical (unpaired) electrons. The summed E-state index contributed by atoms with van der Waals surface area (Å²) in [6.45, 7) is 0. The molecule has 4 rings (SSSR count). The first-order valence-corrected chi connectivity index (χ1v) is 7.92. The molecule has 1 aromatic carbocycles. The van der Waals surface area contributed by atoms with Crippen LogP contribution in [-0.4, -0.2) is 16.2 Å². The van der Waals surface area contributed by atoms with Gasteiger partial charge >= 0.3 is 0 Å². The fraction of sp³-hybridized carbons (Fsp3) is 0.529. The molecular formula is C17H21N3O. The number of aromatic nitrogens is 2. The lowest BCUT2D eigenvalue weighted by Gasteiger charge is -2.39. The number of nitrogens with two attached hydrogens (primary N) is 1. The average Bonchev–Trinajstić information content (AvgIpc) is 3.21. The minimum absolute atomic E-state index is 0.0350. The van der Waals surface area contributed by atoms with Gasteiger partial charge < -0.3 is 10.3 Å². The maximum Gasteiger partial charge on any atom is 0.228 e. The van der Waals surface area contributed by atoms with Gasteiger partial charge in [0.2, 0.25) is 5.89 Å². The van der Waals surface area contributed by atoms with E-state index in [0.717, 1.165) is 18.7 Å². The van der Waals surface area contributed by atoms with Crippen molar-refractivity contribution in [3.8, 4) is 0 Å². The molecule has 0 spiro atoms. The second kappa shape index (κ2) is 4.95. The Hall–Kier alpha value is -1.68. The van der Waals surface area contributed by atoms with Crippen molar-refractivity contribution in [3.05, 3.63) is 47.6 Å². The third kappa shape index (κ3) is 2.27. The molecule has 21 heavy (non-hydrogen) atoms. The van der Waals surface area contributed by atoms with Crippen LogP contribution in [0.4, 0.5) is 0 Å². The first-order valence-electron chi connectivity index (χ1n) is 7.92. The first-order chi connectivity index (χ1) is 10.3. The second-order valence-electron chi connectivity index (χ2n) is 6.52. The third-order valence-corrected chi connectivity index (χ3v) is 5.07. The van der Waals surface area contributed by atoms with Crippen LogP contribution in [0.2, 0.25) is 0 Å². The smallest absolute Gasteiger partial charge is 0.228 e. The molecule has 2 fully saturated rings. The van der Waals surface area contributed by atoms with Gasteiger partial charge in [-0.25, -0.2) is 0 Å². The molecule has 2 aromatic rings. The predicted molar refractivity (Wildman–Crippen MR) is 79.8 cm³/mol. The summed E-state index contributed by atoms with van der Waals surface area (Å²) >= 11 is 0. The maximum absolute atomic E-state index is 6.16. The zero-order valence-electron chi connectivity index (χ0n) is 12.2. The molecule has 4 nitrogen and oxygen atoms in total. The van der Waals surface area contributed by atoms with Gasteiger partial charge in [0.25, 0.3) is 0 Å². The summed E-state index contributed by atoms with van der Waals surface area (Å²) in [6, 6.07) is 10.7.